The maximum absolute atomic E-state index is 14.4. The van der Waals surface area contributed by atoms with Crippen LogP contribution in [-0.4, -0.2) is 126 Å². The van der Waals surface area contributed by atoms with Gasteiger partial charge < -0.3 is 46.5 Å². The number of aryl methyl sites for hydroxylation is 1. The molecule has 9 heterocycles. The Morgan fingerprint density at radius 2 is 1.55 bits per heavy atom. The van der Waals surface area contributed by atoms with Crippen LogP contribution in [0.25, 0.3) is 49.1 Å². The molecule has 2 aliphatic heterocycles. The molecule has 464 valence electrons. The number of pyridine rings is 1. The Balaban J connectivity index is 0.981. The molecular weight excluding hydrogens is 1260 g/mol. The Kier molecular flexibility index (Phi) is 20.5. The van der Waals surface area contributed by atoms with Crippen LogP contribution in [0.1, 0.15) is 133 Å². The molecular formula is C59H62N14O10S6. The number of likely N-dealkylation sites (tertiary alicyclic amines) is 1. The fourth-order valence-corrected chi connectivity index (χ4v) is 15.6. The first kappa shape index (κ1) is 63.9. The van der Waals surface area contributed by atoms with E-state index in [0.717, 1.165) is 4.88 Å². The number of ether oxygens (including phenoxy) is 2. The van der Waals surface area contributed by atoms with Crippen LogP contribution in [0.4, 0.5) is 10.6 Å². The number of benzene rings is 1. The number of thiazole rings is 6. The number of carbonyl (C=O) groups excluding carboxylic acids is 7. The monoisotopic (exact) mass is 1320 g/mol. The summed E-state index contributed by atoms with van der Waals surface area (Å²) >= 11 is 7.48. The van der Waals surface area contributed by atoms with Gasteiger partial charge in [0.2, 0.25) is 23.6 Å². The van der Waals surface area contributed by atoms with Crippen molar-refractivity contribution in [2.75, 3.05) is 39.2 Å². The maximum Gasteiger partial charge on any atom is 0.412 e. The molecule has 10 bridgehead atoms. The lowest BCUT2D eigenvalue weighted by Crippen LogP contribution is -2.43. The van der Waals surface area contributed by atoms with E-state index in [-0.39, 0.29) is 92.1 Å². The first-order valence-electron chi connectivity index (χ1n) is 28.2. The number of aromatic nitrogens is 7. The van der Waals surface area contributed by atoms with Crippen molar-refractivity contribution in [2.24, 2.45) is 11.7 Å². The zero-order valence-electron chi connectivity index (χ0n) is 48.8. The number of methoxy groups -OCH3 is 1. The zero-order chi connectivity index (χ0) is 63.0. The molecule has 10 rings (SSSR count). The molecule has 8 aromatic rings. The van der Waals surface area contributed by atoms with Gasteiger partial charge >= 0.3 is 6.09 Å². The Labute approximate surface area is 534 Å². The SMILES string of the molecule is C=C1NCC(=O)N[C@@H]([C@@H](O)c2ccccc2)c2nc(cs2)-c2nc(cs2)-c2nc(-c3nc(NC(=O)OCCCC(=O)N4CCC[C@H]4C(N)=O)cs3)ccc2-c2nc(cs2)C(=O)N[C@@H](CC(=O)NC)c2nc(c(C)s2)C(=O)C[C@H](C(C)C)c2nc1c(COC)s2. The minimum Gasteiger partial charge on any atom is -0.449 e. The summed E-state index contributed by atoms with van der Waals surface area (Å²) in [6.45, 7) is 10.3. The number of nitrogens with zero attached hydrogens (tertiary/aromatic N) is 8. The van der Waals surface area contributed by atoms with Gasteiger partial charge in [-0.15, -0.1) is 68.0 Å². The number of amides is 6. The molecule has 0 unspecified atom stereocenters. The standard InChI is InChI=1S/C59H62N14O10S6/c1-28(2)33-20-40(74)47-30(4)88-57(72-47)35(21-43(75)61-5)64-52(80)37-25-84-53(66-37)32-16-17-34(55-68-42(27-87-55)69-59(81)83-19-11-15-45(77)73-18-10-14-39(73)51(60)79)63-48(32)36-24-85-56(65-36)38-26-86-58(67-38)49(50(78)31-12-8-7-9-13-31)70-44(76)22-62-29(3)46-41(23-82-6)89-54(33)71-46/h7-9,12-13,16-17,24-28,33,35,39,49-50,62,78H,3,10-11,14-15,18-23H2,1-2,4-6H3,(H2,60,79)(H,61,75)(H,64,80)(H,69,81)(H,70,76)/t33-,35+,39+,49+,50+/m1/s1. The predicted octanol–water partition coefficient (Wildman–Crippen LogP) is 8.83. The van der Waals surface area contributed by atoms with E-state index in [2.05, 4.69) is 38.1 Å². The lowest BCUT2D eigenvalue weighted by atomic mass is 9.90. The molecule has 0 spiro atoms. The highest BCUT2D eigenvalue weighted by atomic mass is 32.1. The summed E-state index contributed by atoms with van der Waals surface area (Å²) in [7, 11) is 3.05. The average molecular weight is 1320 g/mol. The van der Waals surface area contributed by atoms with E-state index in [9.17, 15) is 38.7 Å². The molecule has 6 amide bonds. The number of ketones is 1. The molecule has 7 aromatic heterocycles. The quantitative estimate of drug-likeness (QED) is 0.0500. The van der Waals surface area contributed by atoms with Gasteiger partial charge in [-0.1, -0.05) is 50.8 Å². The van der Waals surface area contributed by atoms with Gasteiger partial charge in [0.1, 0.15) is 83.2 Å². The van der Waals surface area contributed by atoms with Crippen LogP contribution < -0.4 is 32.3 Å². The Morgan fingerprint density at radius 3 is 2.31 bits per heavy atom. The van der Waals surface area contributed by atoms with Crippen molar-refractivity contribution in [2.45, 2.75) is 96.1 Å². The number of aliphatic hydroxyl groups excluding tert-OH is 1. The van der Waals surface area contributed by atoms with Crippen LogP contribution in [0.15, 0.2) is 70.6 Å². The minimum absolute atomic E-state index is 0.0364. The van der Waals surface area contributed by atoms with Crippen molar-refractivity contribution in [1.82, 2.24) is 61.1 Å². The number of rotatable bonds is 14. The molecule has 1 saturated heterocycles. The number of hydrogen-bond acceptors (Lipinski definition) is 24. The van der Waals surface area contributed by atoms with Gasteiger partial charge in [0.15, 0.2) is 5.78 Å². The van der Waals surface area contributed by atoms with Crippen molar-refractivity contribution >= 4 is 121 Å². The summed E-state index contributed by atoms with van der Waals surface area (Å²) in [4.78, 5) is 131. The third-order valence-electron chi connectivity index (χ3n) is 14.6. The molecule has 30 heteroatoms. The van der Waals surface area contributed by atoms with Gasteiger partial charge in [-0.3, -0.25) is 34.1 Å². The van der Waals surface area contributed by atoms with Crippen molar-refractivity contribution < 1.29 is 48.1 Å². The van der Waals surface area contributed by atoms with E-state index in [0.29, 0.717) is 99.6 Å². The fraction of sp³-hybridized carbons (Fsp3) is 0.356. The predicted molar refractivity (Wildman–Crippen MR) is 341 cm³/mol. The summed E-state index contributed by atoms with van der Waals surface area (Å²) in [5.74, 6) is -2.73. The van der Waals surface area contributed by atoms with Gasteiger partial charge in [-0.2, -0.15) is 0 Å². The first-order valence-corrected chi connectivity index (χ1v) is 33.3. The molecule has 5 atom stereocenters. The number of Topliss-reactive ketones (excluding diaryl/α,β-unsaturated/α-hetero) is 1. The Morgan fingerprint density at radius 1 is 0.820 bits per heavy atom. The van der Waals surface area contributed by atoms with Crippen molar-refractivity contribution in [3.8, 4) is 43.4 Å². The minimum atomic E-state index is -1.22. The van der Waals surface area contributed by atoms with Crippen LogP contribution >= 0.6 is 68.0 Å². The number of aliphatic hydroxyl groups is 1. The number of carbonyl (C=O) groups is 7. The largest absolute Gasteiger partial charge is 0.449 e. The van der Waals surface area contributed by atoms with Gasteiger partial charge in [-0.25, -0.2) is 39.7 Å². The summed E-state index contributed by atoms with van der Waals surface area (Å²) < 4.78 is 10.9. The van der Waals surface area contributed by atoms with Crippen LogP contribution in [-0.2, 0) is 35.3 Å². The number of nitrogens with two attached hydrogens (primary N) is 1. The van der Waals surface area contributed by atoms with E-state index < -0.39 is 48.0 Å². The van der Waals surface area contributed by atoms with Gasteiger partial charge in [0.05, 0.1) is 53.5 Å². The number of hydrogen-bond donors (Lipinski definition) is 7. The number of anilines is 1. The molecule has 1 aromatic carbocycles. The van der Waals surface area contributed by atoms with Gasteiger partial charge in [-0.05, 0) is 49.8 Å². The van der Waals surface area contributed by atoms with Gasteiger partial charge in [0, 0.05) is 71.4 Å². The summed E-state index contributed by atoms with van der Waals surface area (Å²) in [5.41, 5.74) is 9.21. The highest BCUT2D eigenvalue weighted by molar-refractivity contribution is 7.15. The van der Waals surface area contributed by atoms with Crippen LogP contribution in [0.3, 0.4) is 0 Å². The lowest BCUT2D eigenvalue weighted by molar-refractivity contribution is -0.137. The zero-order valence-corrected chi connectivity index (χ0v) is 53.7. The van der Waals surface area contributed by atoms with Crippen LogP contribution in [0.5, 0.6) is 0 Å². The third kappa shape index (κ3) is 15.0. The number of primary amides is 1. The number of nitrogens with one attached hydrogen (secondary N) is 5. The molecule has 0 radical (unpaired) electrons. The van der Waals surface area contributed by atoms with E-state index in [1.54, 1.807) is 72.0 Å². The Hall–Kier alpha value is -8.10. The summed E-state index contributed by atoms with van der Waals surface area (Å²) in [6, 6.07) is 9.84. The van der Waals surface area contributed by atoms with Gasteiger partial charge in [0.25, 0.3) is 5.91 Å². The second-order valence-corrected chi connectivity index (χ2v) is 26.9. The highest BCUT2D eigenvalue weighted by Crippen LogP contribution is 2.41. The first-order chi connectivity index (χ1) is 42.8. The molecule has 2 aliphatic rings. The highest BCUT2D eigenvalue weighted by Gasteiger charge is 2.34. The summed E-state index contributed by atoms with van der Waals surface area (Å²) in [5, 5.41) is 35.8. The normalized spacial score (nSPS) is 17.8. The summed E-state index contributed by atoms with van der Waals surface area (Å²) in [6.07, 6.45) is -0.655. The fourth-order valence-electron chi connectivity index (χ4n) is 10.0. The van der Waals surface area contributed by atoms with Crippen LogP contribution in [0.2, 0.25) is 0 Å². The molecule has 24 nitrogen and oxygen atoms in total. The Bertz CT molecular complexity index is 3950. The molecule has 0 aliphatic carbocycles. The smallest absolute Gasteiger partial charge is 0.412 e. The van der Waals surface area contributed by atoms with E-state index in [4.69, 9.17) is 45.1 Å². The van der Waals surface area contributed by atoms with E-state index in [1.807, 2.05) is 19.9 Å². The van der Waals surface area contributed by atoms with Crippen molar-refractivity contribution in [3.63, 3.8) is 0 Å². The second-order valence-electron chi connectivity index (χ2n) is 21.1. The van der Waals surface area contributed by atoms with E-state index in [1.165, 1.54) is 80.0 Å². The van der Waals surface area contributed by atoms with Crippen LogP contribution in [0, 0.1) is 12.8 Å². The third-order valence-corrected chi connectivity index (χ3v) is 20.4. The topological polar surface area (TPSA) is 338 Å². The van der Waals surface area contributed by atoms with E-state index >= 15 is 0 Å². The molecule has 8 N–H and O–H groups in total. The van der Waals surface area contributed by atoms with Crippen molar-refractivity contribution in [1.29, 1.82) is 0 Å². The van der Waals surface area contributed by atoms with Crippen molar-refractivity contribution in [3.05, 3.63) is 118 Å². The number of fused-ring (bicyclic) bond motifs is 14. The molecule has 89 heavy (non-hydrogen) atoms. The molecule has 0 saturated carbocycles. The second kappa shape index (κ2) is 28.6. The molecule has 1 fully saturated rings. The average Bonchev–Trinajstić information content (AvgIpc) is 1.78. The maximum atomic E-state index is 14.4. The lowest BCUT2D eigenvalue weighted by Gasteiger charge is -2.23.